The molecule has 4 heteroatoms. The summed E-state index contributed by atoms with van der Waals surface area (Å²) in [7, 11) is 1.43. The Balaban J connectivity index is 1.41. The highest BCUT2D eigenvalue weighted by Crippen LogP contribution is 2.56. The molecule has 1 aliphatic heterocycles. The summed E-state index contributed by atoms with van der Waals surface area (Å²) in [5, 5.41) is 4.42. The minimum absolute atomic E-state index is 0.268. The zero-order chi connectivity index (χ0) is 25.1. The Kier molecular flexibility index (Phi) is 7.32. The summed E-state index contributed by atoms with van der Waals surface area (Å²) in [5.74, 6) is -1.23. The lowest BCUT2D eigenvalue weighted by molar-refractivity contribution is -0.149. The van der Waals surface area contributed by atoms with E-state index in [0.29, 0.717) is 12.8 Å². The highest BCUT2D eigenvalue weighted by molar-refractivity contribution is 6.14. The average molecular weight is 487 g/mol. The van der Waals surface area contributed by atoms with Gasteiger partial charge in [-0.05, 0) is 51.9 Å². The van der Waals surface area contributed by atoms with Gasteiger partial charge in [0.25, 0.3) is 0 Å². The van der Waals surface area contributed by atoms with Crippen molar-refractivity contribution >= 4 is 33.5 Å². The van der Waals surface area contributed by atoms with Crippen LogP contribution in [0, 0.1) is 5.92 Å². The molecule has 0 saturated carbocycles. The summed E-state index contributed by atoms with van der Waals surface area (Å²) >= 11 is 0. The molecule has 3 aliphatic rings. The molecule has 0 N–H and O–H groups in total. The molecule has 190 valence electrons. The molecule has 3 atom stereocenters. The van der Waals surface area contributed by atoms with Gasteiger partial charge >= 0.3 is 11.9 Å². The van der Waals surface area contributed by atoms with Gasteiger partial charge in [-0.1, -0.05) is 107 Å². The van der Waals surface area contributed by atoms with E-state index in [4.69, 9.17) is 9.47 Å². The summed E-state index contributed by atoms with van der Waals surface area (Å²) < 4.78 is 11.4. The van der Waals surface area contributed by atoms with Crippen molar-refractivity contribution in [3.05, 3.63) is 59.7 Å². The van der Waals surface area contributed by atoms with E-state index in [1.807, 2.05) is 24.3 Å². The Morgan fingerprint density at radius 1 is 0.861 bits per heavy atom. The predicted octanol–water partition coefficient (Wildman–Crippen LogP) is 7.42. The van der Waals surface area contributed by atoms with Crippen LogP contribution in [0.3, 0.4) is 0 Å². The monoisotopic (exact) mass is 486 g/mol. The fourth-order valence-electron chi connectivity index (χ4n) is 6.81. The molecule has 1 saturated heterocycles. The maximum Gasteiger partial charge on any atom is 0.318 e. The van der Waals surface area contributed by atoms with E-state index in [2.05, 4.69) is 31.2 Å². The zero-order valence-corrected chi connectivity index (χ0v) is 21.7. The van der Waals surface area contributed by atoms with Crippen LogP contribution >= 0.6 is 0 Å². The van der Waals surface area contributed by atoms with Crippen molar-refractivity contribution in [1.29, 1.82) is 0 Å². The first-order chi connectivity index (χ1) is 17.6. The quantitative estimate of drug-likeness (QED) is 0.161. The van der Waals surface area contributed by atoms with Crippen LogP contribution in [0.1, 0.15) is 82.3 Å². The first-order valence-electron chi connectivity index (χ1n) is 13.8. The minimum Gasteiger partial charge on any atom is -0.469 e. The summed E-state index contributed by atoms with van der Waals surface area (Å²) in [4.78, 5) is 27.1. The average Bonchev–Trinajstić information content (AvgIpc) is 3.17. The third-order valence-electron chi connectivity index (χ3n) is 8.52. The summed E-state index contributed by atoms with van der Waals surface area (Å²) in [5.41, 5.74) is 1.05. The number of carbonyl (C=O) groups excluding carboxylic acids is 2. The number of ether oxygens (including phenoxy) is 2. The van der Waals surface area contributed by atoms with Crippen molar-refractivity contribution in [3.8, 4) is 0 Å². The third kappa shape index (κ3) is 4.09. The Morgan fingerprint density at radius 2 is 1.39 bits per heavy atom. The molecule has 1 heterocycles. The number of rotatable bonds is 11. The standard InChI is InChI=1S/C32H38O4/c1-3-4-5-6-7-8-9-10-11-20-27-29(30(33)35-2)32(31(34)36-27)21-26-22-16-12-14-18-24(22)28(32)25-19-15-13-17-23(25)26/h12-19,27,29H,3-11,20-21H2,1-2H3/t27-,29+,32-/m0/s1. The zero-order valence-electron chi connectivity index (χ0n) is 21.7. The van der Waals surface area contributed by atoms with Crippen molar-refractivity contribution in [2.75, 3.05) is 7.11 Å². The van der Waals surface area contributed by atoms with Crippen molar-refractivity contribution < 1.29 is 19.1 Å². The van der Waals surface area contributed by atoms with Gasteiger partial charge in [-0.3, -0.25) is 9.59 Å². The van der Waals surface area contributed by atoms with Gasteiger partial charge in [0.15, 0.2) is 0 Å². The van der Waals surface area contributed by atoms with Gasteiger partial charge in [-0.25, -0.2) is 0 Å². The van der Waals surface area contributed by atoms with Crippen LogP contribution in [0.5, 0.6) is 0 Å². The largest absolute Gasteiger partial charge is 0.469 e. The number of benzene rings is 3. The predicted molar refractivity (Wildman–Crippen MR) is 144 cm³/mol. The molecule has 0 unspecified atom stereocenters. The highest BCUT2D eigenvalue weighted by atomic mass is 16.6. The molecule has 0 amide bonds. The van der Waals surface area contributed by atoms with Crippen LogP contribution in [0.4, 0.5) is 0 Å². The molecular weight excluding hydrogens is 448 g/mol. The van der Waals surface area contributed by atoms with Gasteiger partial charge in [0, 0.05) is 0 Å². The van der Waals surface area contributed by atoms with Crippen LogP contribution in [0.15, 0.2) is 48.5 Å². The van der Waals surface area contributed by atoms with Gasteiger partial charge in [0.2, 0.25) is 0 Å². The van der Waals surface area contributed by atoms with E-state index in [1.165, 1.54) is 52.1 Å². The van der Waals surface area contributed by atoms with Crippen molar-refractivity contribution in [2.24, 2.45) is 5.92 Å². The summed E-state index contributed by atoms with van der Waals surface area (Å²) in [6, 6.07) is 16.5. The lowest BCUT2D eigenvalue weighted by Gasteiger charge is -2.39. The number of unbranched alkanes of at least 4 members (excludes halogenated alkanes) is 8. The van der Waals surface area contributed by atoms with Crippen LogP contribution in [0.2, 0.25) is 0 Å². The number of hydrogen-bond acceptors (Lipinski definition) is 4. The normalized spacial score (nSPS) is 22.6. The topological polar surface area (TPSA) is 52.6 Å². The number of esters is 2. The molecule has 2 bridgehead atoms. The van der Waals surface area contributed by atoms with Gasteiger partial charge in [-0.2, -0.15) is 0 Å². The van der Waals surface area contributed by atoms with Crippen LogP contribution in [-0.4, -0.2) is 25.2 Å². The van der Waals surface area contributed by atoms with E-state index in [1.54, 1.807) is 0 Å². The molecular formula is C32H38O4. The van der Waals surface area contributed by atoms with Gasteiger partial charge in [0.1, 0.15) is 17.4 Å². The summed E-state index contributed by atoms with van der Waals surface area (Å²) in [6.07, 6.45) is 11.8. The first kappa shape index (κ1) is 24.8. The van der Waals surface area contributed by atoms with Gasteiger partial charge in [-0.15, -0.1) is 0 Å². The molecule has 0 radical (unpaired) electrons. The van der Waals surface area contributed by atoms with E-state index in [0.717, 1.165) is 45.5 Å². The maximum absolute atomic E-state index is 13.8. The molecule has 1 fully saturated rings. The molecule has 0 aromatic heterocycles. The van der Waals surface area contributed by atoms with E-state index in [-0.39, 0.29) is 11.9 Å². The Hall–Kier alpha value is -2.88. The molecule has 2 aliphatic carbocycles. The lowest BCUT2D eigenvalue weighted by atomic mass is 9.59. The number of carbonyl (C=O) groups is 2. The Morgan fingerprint density at radius 3 is 1.94 bits per heavy atom. The number of hydrogen-bond donors (Lipinski definition) is 0. The molecule has 36 heavy (non-hydrogen) atoms. The van der Waals surface area contributed by atoms with Crippen LogP contribution < -0.4 is 0 Å². The van der Waals surface area contributed by atoms with Crippen molar-refractivity contribution in [1.82, 2.24) is 0 Å². The second-order valence-corrected chi connectivity index (χ2v) is 10.7. The number of methoxy groups -OCH3 is 1. The fourth-order valence-corrected chi connectivity index (χ4v) is 6.81. The maximum atomic E-state index is 13.8. The second kappa shape index (κ2) is 10.6. The molecule has 3 aromatic carbocycles. The first-order valence-corrected chi connectivity index (χ1v) is 13.8. The van der Waals surface area contributed by atoms with Crippen LogP contribution in [-0.2, 0) is 30.9 Å². The Labute approximate surface area is 214 Å². The minimum atomic E-state index is -1.02. The van der Waals surface area contributed by atoms with Crippen molar-refractivity contribution in [2.45, 2.75) is 89.1 Å². The highest BCUT2D eigenvalue weighted by Gasteiger charge is 2.64. The van der Waals surface area contributed by atoms with E-state index >= 15 is 0 Å². The molecule has 6 rings (SSSR count). The molecule has 1 spiro atoms. The molecule has 3 aromatic rings. The third-order valence-corrected chi connectivity index (χ3v) is 8.52. The van der Waals surface area contributed by atoms with Gasteiger partial charge in [0.05, 0.1) is 7.11 Å². The SMILES string of the molecule is CCCCCCCCCCC[C@@H]1OC(=O)[C@]2(Cc3c4ccccc4c2c2ccccc32)[C@H]1C(=O)OC. The molecule has 4 nitrogen and oxygen atoms in total. The van der Waals surface area contributed by atoms with E-state index < -0.39 is 17.4 Å². The smallest absolute Gasteiger partial charge is 0.318 e. The lowest BCUT2D eigenvalue weighted by Crippen LogP contribution is -2.48. The van der Waals surface area contributed by atoms with Crippen LogP contribution in [0.25, 0.3) is 21.5 Å². The fraction of sp³-hybridized carbons (Fsp3) is 0.500. The van der Waals surface area contributed by atoms with Gasteiger partial charge < -0.3 is 9.47 Å². The Bertz CT molecular complexity index is 1200. The summed E-state index contributed by atoms with van der Waals surface area (Å²) in [6.45, 7) is 2.24. The number of cyclic esters (lactones) is 1. The van der Waals surface area contributed by atoms with E-state index in [9.17, 15) is 9.59 Å². The second-order valence-electron chi connectivity index (χ2n) is 10.7. The van der Waals surface area contributed by atoms with Crippen molar-refractivity contribution in [3.63, 3.8) is 0 Å².